The molecule has 0 N–H and O–H groups in total. The van der Waals surface area contributed by atoms with Crippen LogP contribution in [0.3, 0.4) is 0 Å². The Morgan fingerprint density at radius 2 is 2.00 bits per heavy atom. The summed E-state index contributed by atoms with van der Waals surface area (Å²) in [5, 5.41) is 0. The van der Waals surface area contributed by atoms with Crippen LogP contribution in [0.5, 0.6) is 0 Å². The first-order valence-electron chi connectivity index (χ1n) is 4.99. The van der Waals surface area contributed by atoms with Crippen molar-refractivity contribution in [2.45, 2.75) is 39.5 Å². The average Bonchev–Trinajstić information content (AvgIpc) is 2.11. The predicted molar refractivity (Wildman–Crippen MR) is 54.9 cm³/mol. The van der Waals surface area contributed by atoms with Gasteiger partial charge in [-0.25, -0.2) is 0 Å². The van der Waals surface area contributed by atoms with E-state index in [2.05, 4.69) is 0 Å². The van der Waals surface area contributed by atoms with Crippen LogP contribution in [0, 0.1) is 0 Å². The SMILES string of the molecule is CCOC(=O)CCCC/C=C/C(C)=O. The van der Waals surface area contributed by atoms with E-state index in [1.807, 2.05) is 6.08 Å². The third-order valence-corrected chi connectivity index (χ3v) is 1.66. The van der Waals surface area contributed by atoms with Gasteiger partial charge in [0, 0.05) is 6.42 Å². The Morgan fingerprint density at radius 3 is 2.57 bits per heavy atom. The summed E-state index contributed by atoms with van der Waals surface area (Å²) in [5.41, 5.74) is 0. The molecule has 0 aliphatic carbocycles. The quantitative estimate of drug-likeness (QED) is 0.358. The number of ketones is 1. The maximum absolute atomic E-state index is 10.9. The standard InChI is InChI=1S/C11H18O3/c1-3-14-11(13)9-7-5-4-6-8-10(2)12/h6,8H,3-5,7,9H2,1-2H3/b8-6+. The largest absolute Gasteiger partial charge is 0.466 e. The molecule has 0 radical (unpaired) electrons. The molecule has 0 heterocycles. The molecule has 0 bridgehead atoms. The number of carbonyl (C=O) groups is 2. The van der Waals surface area contributed by atoms with E-state index in [-0.39, 0.29) is 11.8 Å². The first-order valence-corrected chi connectivity index (χ1v) is 4.99. The van der Waals surface area contributed by atoms with Crippen LogP contribution < -0.4 is 0 Å². The molecule has 0 saturated carbocycles. The van der Waals surface area contributed by atoms with E-state index in [0.29, 0.717) is 13.0 Å². The van der Waals surface area contributed by atoms with E-state index in [9.17, 15) is 9.59 Å². The van der Waals surface area contributed by atoms with Crippen molar-refractivity contribution < 1.29 is 14.3 Å². The highest BCUT2D eigenvalue weighted by atomic mass is 16.5. The highest BCUT2D eigenvalue weighted by Crippen LogP contribution is 2.02. The van der Waals surface area contributed by atoms with Crippen molar-refractivity contribution in [3.8, 4) is 0 Å². The van der Waals surface area contributed by atoms with Crippen LogP contribution >= 0.6 is 0 Å². The van der Waals surface area contributed by atoms with E-state index in [4.69, 9.17) is 4.74 Å². The average molecular weight is 198 g/mol. The zero-order valence-corrected chi connectivity index (χ0v) is 8.91. The van der Waals surface area contributed by atoms with Crippen LogP contribution in [-0.2, 0) is 14.3 Å². The van der Waals surface area contributed by atoms with Gasteiger partial charge in [-0.3, -0.25) is 9.59 Å². The van der Waals surface area contributed by atoms with E-state index < -0.39 is 0 Å². The van der Waals surface area contributed by atoms with Crippen molar-refractivity contribution in [2.75, 3.05) is 6.61 Å². The molecule has 0 unspecified atom stereocenters. The van der Waals surface area contributed by atoms with Crippen molar-refractivity contribution in [2.24, 2.45) is 0 Å². The zero-order valence-electron chi connectivity index (χ0n) is 8.91. The maximum atomic E-state index is 10.9. The van der Waals surface area contributed by atoms with Crippen molar-refractivity contribution in [3.05, 3.63) is 12.2 Å². The minimum Gasteiger partial charge on any atom is -0.466 e. The molecule has 0 fully saturated rings. The van der Waals surface area contributed by atoms with Crippen molar-refractivity contribution in [1.29, 1.82) is 0 Å². The Morgan fingerprint density at radius 1 is 1.29 bits per heavy atom. The van der Waals surface area contributed by atoms with Crippen molar-refractivity contribution in [1.82, 2.24) is 0 Å². The second-order valence-electron chi connectivity index (χ2n) is 3.06. The van der Waals surface area contributed by atoms with Crippen LogP contribution in [0.25, 0.3) is 0 Å². The monoisotopic (exact) mass is 198 g/mol. The Balaban J connectivity index is 3.29. The van der Waals surface area contributed by atoms with Gasteiger partial charge in [-0.2, -0.15) is 0 Å². The van der Waals surface area contributed by atoms with Gasteiger partial charge in [0.2, 0.25) is 0 Å². The minimum absolute atomic E-state index is 0.0652. The van der Waals surface area contributed by atoms with E-state index in [1.165, 1.54) is 6.92 Å². The summed E-state index contributed by atoms with van der Waals surface area (Å²) >= 11 is 0. The summed E-state index contributed by atoms with van der Waals surface area (Å²) < 4.78 is 4.78. The Labute approximate surface area is 85.1 Å². The van der Waals surface area contributed by atoms with E-state index in [0.717, 1.165) is 19.3 Å². The smallest absolute Gasteiger partial charge is 0.305 e. The number of ether oxygens (including phenoxy) is 1. The lowest BCUT2D eigenvalue weighted by Crippen LogP contribution is -2.02. The fourth-order valence-corrected chi connectivity index (χ4v) is 1.01. The fourth-order valence-electron chi connectivity index (χ4n) is 1.01. The lowest BCUT2D eigenvalue weighted by molar-refractivity contribution is -0.143. The molecular formula is C11H18O3. The van der Waals surface area contributed by atoms with E-state index >= 15 is 0 Å². The molecule has 0 atom stereocenters. The molecule has 0 aliphatic heterocycles. The molecule has 0 aromatic carbocycles. The van der Waals surface area contributed by atoms with Gasteiger partial charge in [-0.1, -0.05) is 6.08 Å². The number of hydrogen-bond donors (Lipinski definition) is 0. The third-order valence-electron chi connectivity index (χ3n) is 1.66. The Bertz CT molecular complexity index is 207. The van der Waals surface area contributed by atoms with Crippen molar-refractivity contribution in [3.63, 3.8) is 0 Å². The van der Waals surface area contributed by atoms with Crippen molar-refractivity contribution >= 4 is 11.8 Å². The van der Waals surface area contributed by atoms with Gasteiger partial charge in [0.05, 0.1) is 6.61 Å². The van der Waals surface area contributed by atoms with Crippen LogP contribution in [0.4, 0.5) is 0 Å². The summed E-state index contributed by atoms with van der Waals surface area (Å²) in [7, 11) is 0. The highest BCUT2D eigenvalue weighted by Gasteiger charge is 1.99. The Hall–Kier alpha value is -1.12. The molecule has 0 spiro atoms. The summed E-state index contributed by atoms with van der Waals surface area (Å²) in [4.78, 5) is 21.4. The fraction of sp³-hybridized carbons (Fsp3) is 0.636. The minimum atomic E-state index is -0.136. The summed E-state index contributed by atoms with van der Waals surface area (Å²) in [6, 6.07) is 0. The second kappa shape index (κ2) is 8.48. The normalized spacial score (nSPS) is 10.4. The van der Waals surface area contributed by atoms with Crippen LogP contribution in [0.2, 0.25) is 0 Å². The molecule has 0 rings (SSSR count). The van der Waals surface area contributed by atoms with Crippen LogP contribution in [0.15, 0.2) is 12.2 Å². The number of esters is 1. The second-order valence-corrected chi connectivity index (χ2v) is 3.06. The molecule has 3 nitrogen and oxygen atoms in total. The highest BCUT2D eigenvalue weighted by molar-refractivity contribution is 5.87. The molecule has 0 aromatic heterocycles. The van der Waals surface area contributed by atoms with Crippen LogP contribution in [0.1, 0.15) is 39.5 Å². The number of hydrogen-bond acceptors (Lipinski definition) is 3. The lowest BCUT2D eigenvalue weighted by atomic mass is 10.2. The first kappa shape index (κ1) is 12.9. The number of unbranched alkanes of at least 4 members (excludes halogenated alkanes) is 2. The summed E-state index contributed by atoms with van der Waals surface area (Å²) in [6.07, 6.45) is 6.46. The maximum Gasteiger partial charge on any atom is 0.305 e. The molecule has 0 aliphatic rings. The van der Waals surface area contributed by atoms with Gasteiger partial charge in [0.15, 0.2) is 5.78 Å². The molecule has 0 aromatic rings. The first-order chi connectivity index (χ1) is 6.66. The predicted octanol–water partition coefficient (Wildman–Crippen LogP) is 2.26. The molecule has 3 heteroatoms. The van der Waals surface area contributed by atoms with Gasteiger partial charge in [-0.05, 0) is 39.2 Å². The number of rotatable bonds is 7. The molecule has 0 amide bonds. The van der Waals surface area contributed by atoms with Gasteiger partial charge < -0.3 is 4.74 Å². The molecule has 80 valence electrons. The number of carbonyl (C=O) groups excluding carboxylic acids is 2. The van der Waals surface area contributed by atoms with Gasteiger partial charge in [0.1, 0.15) is 0 Å². The molecular weight excluding hydrogens is 180 g/mol. The third kappa shape index (κ3) is 8.97. The topological polar surface area (TPSA) is 43.4 Å². The molecule has 0 saturated heterocycles. The lowest BCUT2D eigenvalue weighted by Gasteiger charge is -1.99. The van der Waals surface area contributed by atoms with Gasteiger partial charge in [-0.15, -0.1) is 0 Å². The molecule has 14 heavy (non-hydrogen) atoms. The van der Waals surface area contributed by atoms with E-state index in [1.54, 1.807) is 13.0 Å². The van der Waals surface area contributed by atoms with Crippen LogP contribution in [-0.4, -0.2) is 18.4 Å². The summed E-state index contributed by atoms with van der Waals surface area (Å²) in [5.74, 6) is -0.0709. The van der Waals surface area contributed by atoms with Gasteiger partial charge >= 0.3 is 5.97 Å². The zero-order chi connectivity index (χ0) is 10.8. The van der Waals surface area contributed by atoms with Gasteiger partial charge in [0.25, 0.3) is 0 Å². The number of allylic oxidation sites excluding steroid dienone is 2. The Kier molecular flexibility index (Phi) is 7.80. The summed E-state index contributed by atoms with van der Waals surface area (Å²) in [6.45, 7) is 3.77.